The van der Waals surface area contributed by atoms with Crippen LogP contribution in [0.1, 0.15) is 45.5 Å². The Morgan fingerprint density at radius 2 is 1.85 bits per heavy atom. The lowest BCUT2D eigenvalue weighted by Crippen LogP contribution is -2.14. The van der Waals surface area contributed by atoms with Crippen molar-refractivity contribution < 1.29 is 19.8 Å². The highest BCUT2D eigenvalue weighted by molar-refractivity contribution is 6.20. The van der Waals surface area contributed by atoms with Crippen LogP contribution in [0.3, 0.4) is 0 Å². The summed E-state index contributed by atoms with van der Waals surface area (Å²) in [7, 11) is 0. The number of unbranched alkanes of at least 4 members (excludes halogenated alkanes) is 1. The van der Waals surface area contributed by atoms with Crippen LogP contribution in [0.5, 0.6) is 0 Å². The van der Waals surface area contributed by atoms with Crippen molar-refractivity contribution >= 4 is 35.1 Å². The van der Waals surface area contributed by atoms with Gasteiger partial charge in [0.25, 0.3) is 0 Å². The Labute approximate surface area is 127 Å². The summed E-state index contributed by atoms with van der Waals surface area (Å²) in [5.74, 6) is -1.93. The second-order valence-electron chi connectivity index (χ2n) is 4.44. The fourth-order valence-corrected chi connectivity index (χ4v) is 2.51. The van der Waals surface area contributed by atoms with Crippen molar-refractivity contribution in [3.8, 4) is 0 Å². The maximum Gasteiger partial charge on any atom is 0.336 e. The van der Waals surface area contributed by atoms with Gasteiger partial charge >= 0.3 is 11.9 Å². The predicted octanol–water partition coefficient (Wildman–Crippen LogP) is 3.64. The zero-order valence-electron chi connectivity index (χ0n) is 10.8. The van der Waals surface area contributed by atoms with Gasteiger partial charge in [0.05, 0.1) is 11.1 Å². The molecule has 0 aromatic heterocycles. The number of hydrogen-bond donors (Lipinski definition) is 2. The Morgan fingerprint density at radius 1 is 1.15 bits per heavy atom. The lowest BCUT2D eigenvalue weighted by molar-refractivity contribution is 0.0650. The van der Waals surface area contributed by atoms with E-state index in [1.54, 1.807) is 6.07 Å². The highest BCUT2D eigenvalue weighted by Gasteiger charge is 2.21. The Bertz CT molecular complexity index is 488. The van der Waals surface area contributed by atoms with E-state index in [0.717, 1.165) is 12.8 Å². The lowest BCUT2D eigenvalue weighted by Gasteiger charge is -2.13. The van der Waals surface area contributed by atoms with Crippen LogP contribution < -0.4 is 0 Å². The molecule has 110 valence electrons. The molecule has 0 aliphatic heterocycles. The number of aromatic carboxylic acids is 2. The van der Waals surface area contributed by atoms with Gasteiger partial charge in [-0.15, -0.1) is 23.2 Å². The van der Waals surface area contributed by atoms with E-state index >= 15 is 0 Å². The molecule has 1 aromatic carbocycles. The second-order valence-corrected chi connectivity index (χ2v) is 5.43. The molecule has 0 bridgehead atoms. The van der Waals surface area contributed by atoms with Crippen LogP contribution in [-0.4, -0.2) is 33.4 Å². The standard InChI is InChI=1S/C14H16Cl2O4/c15-7-2-1-5-10(16)8-9-4-3-6-11(13(17)18)12(9)14(19)20/h3-4,6,10H,1-2,5,7-8H2,(H,17,18)(H,19,20). The molecule has 0 aliphatic carbocycles. The summed E-state index contributed by atoms with van der Waals surface area (Å²) in [6, 6.07) is 4.42. The number of carboxylic acids is 2. The van der Waals surface area contributed by atoms with Gasteiger partial charge in [-0.1, -0.05) is 18.6 Å². The van der Waals surface area contributed by atoms with Crippen molar-refractivity contribution in [2.45, 2.75) is 31.1 Å². The van der Waals surface area contributed by atoms with Crippen LogP contribution in [0.2, 0.25) is 0 Å². The van der Waals surface area contributed by atoms with Crippen molar-refractivity contribution in [2.75, 3.05) is 5.88 Å². The topological polar surface area (TPSA) is 74.6 Å². The molecule has 0 amide bonds. The summed E-state index contributed by atoms with van der Waals surface area (Å²) in [5, 5.41) is 18.0. The van der Waals surface area contributed by atoms with E-state index in [0.29, 0.717) is 24.3 Å². The van der Waals surface area contributed by atoms with Gasteiger partial charge in [0.1, 0.15) is 0 Å². The van der Waals surface area contributed by atoms with E-state index < -0.39 is 11.9 Å². The fraction of sp³-hybridized carbons (Fsp3) is 0.429. The molecule has 0 heterocycles. The molecule has 0 fully saturated rings. The van der Waals surface area contributed by atoms with Crippen LogP contribution in [0, 0.1) is 0 Å². The molecule has 1 unspecified atom stereocenters. The maximum absolute atomic E-state index is 11.3. The summed E-state index contributed by atoms with van der Waals surface area (Å²) < 4.78 is 0. The minimum Gasteiger partial charge on any atom is -0.478 e. The normalized spacial score (nSPS) is 12.1. The third-order valence-corrected chi connectivity index (χ3v) is 3.58. The molecule has 0 saturated heterocycles. The van der Waals surface area contributed by atoms with E-state index in [-0.39, 0.29) is 16.5 Å². The molecule has 1 atom stereocenters. The van der Waals surface area contributed by atoms with Gasteiger partial charge in [-0.2, -0.15) is 0 Å². The average Bonchev–Trinajstić information content (AvgIpc) is 2.38. The molecule has 0 radical (unpaired) electrons. The van der Waals surface area contributed by atoms with Crippen molar-refractivity contribution in [3.63, 3.8) is 0 Å². The summed E-state index contributed by atoms with van der Waals surface area (Å²) in [6.07, 6.45) is 2.75. The molecule has 20 heavy (non-hydrogen) atoms. The first-order chi connectivity index (χ1) is 9.47. The molecule has 2 N–H and O–H groups in total. The molecule has 1 rings (SSSR count). The van der Waals surface area contributed by atoms with Gasteiger partial charge in [-0.05, 0) is 30.9 Å². The van der Waals surface area contributed by atoms with E-state index in [1.165, 1.54) is 12.1 Å². The SMILES string of the molecule is O=C(O)c1cccc(CC(Cl)CCCCCl)c1C(=O)O. The molecule has 0 saturated carbocycles. The highest BCUT2D eigenvalue weighted by Crippen LogP contribution is 2.21. The van der Waals surface area contributed by atoms with Gasteiger partial charge in [0, 0.05) is 11.3 Å². The lowest BCUT2D eigenvalue weighted by atomic mass is 9.96. The summed E-state index contributed by atoms with van der Waals surface area (Å²) >= 11 is 11.8. The fourth-order valence-electron chi connectivity index (χ4n) is 2.00. The number of halogens is 2. The van der Waals surface area contributed by atoms with Crippen LogP contribution >= 0.6 is 23.2 Å². The molecule has 0 spiro atoms. The number of alkyl halides is 2. The number of rotatable bonds is 8. The Balaban J connectivity index is 2.92. The number of carbonyl (C=O) groups is 2. The molecule has 4 nitrogen and oxygen atoms in total. The zero-order valence-corrected chi connectivity index (χ0v) is 12.3. The quantitative estimate of drug-likeness (QED) is 0.566. The molecule has 0 aliphatic rings. The average molecular weight is 319 g/mol. The Hall–Kier alpha value is -1.26. The molecule has 6 heteroatoms. The first-order valence-electron chi connectivity index (χ1n) is 6.26. The third-order valence-electron chi connectivity index (χ3n) is 2.94. The van der Waals surface area contributed by atoms with Crippen molar-refractivity contribution in [1.82, 2.24) is 0 Å². The zero-order chi connectivity index (χ0) is 15.1. The minimum absolute atomic E-state index is 0.178. The van der Waals surface area contributed by atoms with E-state index in [2.05, 4.69) is 0 Å². The van der Waals surface area contributed by atoms with Crippen LogP contribution in [0.4, 0.5) is 0 Å². The smallest absolute Gasteiger partial charge is 0.336 e. The predicted molar refractivity (Wildman–Crippen MR) is 78.3 cm³/mol. The second kappa shape index (κ2) is 8.12. The van der Waals surface area contributed by atoms with E-state index in [1.807, 2.05) is 0 Å². The summed E-state index contributed by atoms with van der Waals surface area (Å²) in [4.78, 5) is 22.3. The van der Waals surface area contributed by atoms with Gasteiger partial charge < -0.3 is 10.2 Å². The first-order valence-corrected chi connectivity index (χ1v) is 7.23. The van der Waals surface area contributed by atoms with Gasteiger partial charge in [0.2, 0.25) is 0 Å². The highest BCUT2D eigenvalue weighted by atomic mass is 35.5. The monoisotopic (exact) mass is 318 g/mol. The van der Waals surface area contributed by atoms with Gasteiger partial charge in [-0.3, -0.25) is 0 Å². The number of benzene rings is 1. The largest absolute Gasteiger partial charge is 0.478 e. The van der Waals surface area contributed by atoms with Gasteiger partial charge in [-0.25, -0.2) is 9.59 Å². The van der Waals surface area contributed by atoms with Crippen LogP contribution in [0.25, 0.3) is 0 Å². The van der Waals surface area contributed by atoms with Crippen molar-refractivity contribution in [2.24, 2.45) is 0 Å². The molecule has 1 aromatic rings. The van der Waals surface area contributed by atoms with Gasteiger partial charge in [0.15, 0.2) is 0 Å². The van der Waals surface area contributed by atoms with Crippen molar-refractivity contribution in [1.29, 1.82) is 0 Å². The molecular formula is C14H16Cl2O4. The summed E-state index contributed by atoms with van der Waals surface area (Å²) in [5.41, 5.74) is 0.0610. The minimum atomic E-state index is -1.25. The summed E-state index contributed by atoms with van der Waals surface area (Å²) in [6.45, 7) is 0. The first kappa shape index (κ1) is 16.8. The third kappa shape index (κ3) is 4.69. The van der Waals surface area contributed by atoms with Crippen LogP contribution in [-0.2, 0) is 6.42 Å². The Morgan fingerprint density at radius 3 is 2.40 bits per heavy atom. The van der Waals surface area contributed by atoms with E-state index in [9.17, 15) is 14.7 Å². The number of hydrogen-bond acceptors (Lipinski definition) is 2. The Kier molecular flexibility index (Phi) is 6.82. The van der Waals surface area contributed by atoms with Crippen molar-refractivity contribution in [3.05, 3.63) is 34.9 Å². The van der Waals surface area contributed by atoms with E-state index in [4.69, 9.17) is 28.3 Å². The molecular weight excluding hydrogens is 303 g/mol. The number of carboxylic acid groups (broad SMARTS) is 2. The van der Waals surface area contributed by atoms with Crippen LogP contribution in [0.15, 0.2) is 18.2 Å². The maximum atomic E-state index is 11.3.